The SMILES string of the molecule is C=c1[nH]n(-c2ccc(S(=O)(=O)O)cc2)c(=O)c1=C1Sc2ccccc2N1CC. The molecule has 1 aliphatic heterocycles. The Kier molecular flexibility index (Phi) is 4.45. The third-order valence-corrected chi connectivity index (χ3v) is 6.55. The molecule has 144 valence electrons. The fraction of sp³-hybridized carbons (Fsp3) is 0.105. The Labute approximate surface area is 165 Å². The van der Waals surface area contributed by atoms with Gasteiger partial charge in [0.05, 0.1) is 31.9 Å². The summed E-state index contributed by atoms with van der Waals surface area (Å²) in [4.78, 5) is 16.0. The highest BCUT2D eigenvalue weighted by atomic mass is 32.2. The van der Waals surface area contributed by atoms with Crippen molar-refractivity contribution in [2.75, 3.05) is 11.4 Å². The first-order valence-corrected chi connectivity index (χ1v) is 10.7. The normalized spacial score (nSPS) is 15.7. The van der Waals surface area contributed by atoms with Crippen molar-refractivity contribution in [1.29, 1.82) is 0 Å². The molecule has 0 radical (unpaired) electrons. The summed E-state index contributed by atoms with van der Waals surface area (Å²) in [6.07, 6.45) is 0. The van der Waals surface area contributed by atoms with E-state index < -0.39 is 10.1 Å². The maximum Gasteiger partial charge on any atom is 0.294 e. The molecule has 1 aromatic heterocycles. The second-order valence-corrected chi connectivity index (χ2v) is 8.65. The molecule has 0 amide bonds. The van der Waals surface area contributed by atoms with E-state index in [-0.39, 0.29) is 10.5 Å². The van der Waals surface area contributed by atoms with Crippen LogP contribution in [0.3, 0.4) is 0 Å². The molecule has 0 spiro atoms. The average Bonchev–Trinajstić information content (AvgIpc) is 3.17. The predicted molar refractivity (Wildman–Crippen MR) is 110 cm³/mol. The van der Waals surface area contributed by atoms with Crippen LogP contribution in [0.1, 0.15) is 6.92 Å². The summed E-state index contributed by atoms with van der Waals surface area (Å²) < 4.78 is 32.9. The average molecular weight is 415 g/mol. The summed E-state index contributed by atoms with van der Waals surface area (Å²) in [5, 5.41) is 4.71. The van der Waals surface area contributed by atoms with Crippen LogP contribution in [0.2, 0.25) is 0 Å². The van der Waals surface area contributed by atoms with Crippen molar-refractivity contribution in [1.82, 2.24) is 9.78 Å². The van der Waals surface area contributed by atoms with Crippen LogP contribution in [0, 0.1) is 0 Å². The Morgan fingerprint density at radius 1 is 1.14 bits per heavy atom. The summed E-state index contributed by atoms with van der Waals surface area (Å²) in [6.45, 7) is 6.71. The summed E-state index contributed by atoms with van der Waals surface area (Å²) in [7, 11) is -4.29. The molecule has 0 saturated carbocycles. The van der Waals surface area contributed by atoms with Gasteiger partial charge in [0.1, 0.15) is 0 Å². The van der Waals surface area contributed by atoms with Crippen molar-refractivity contribution >= 4 is 39.2 Å². The van der Waals surface area contributed by atoms with E-state index in [0.29, 0.717) is 22.8 Å². The number of aromatic amines is 1. The number of hydrogen-bond acceptors (Lipinski definition) is 5. The lowest BCUT2D eigenvalue weighted by atomic mass is 10.3. The molecule has 2 N–H and O–H groups in total. The van der Waals surface area contributed by atoms with E-state index in [0.717, 1.165) is 15.6 Å². The van der Waals surface area contributed by atoms with Gasteiger partial charge in [0.25, 0.3) is 15.7 Å². The highest BCUT2D eigenvalue weighted by Crippen LogP contribution is 2.45. The molecule has 3 aromatic rings. The molecule has 28 heavy (non-hydrogen) atoms. The first kappa shape index (κ1) is 18.6. The summed E-state index contributed by atoms with van der Waals surface area (Å²) in [6, 6.07) is 13.3. The van der Waals surface area contributed by atoms with E-state index in [2.05, 4.69) is 16.6 Å². The zero-order chi connectivity index (χ0) is 20.1. The minimum atomic E-state index is -4.29. The van der Waals surface area contributed by atoms with Crippen LogP contribution in [0.5, 0.6) is 0 Å². The number of benzene rings is 2. The standard InChI is InChI=1S/C19H17N3O4S2/c1-3-21-15-6-4-5-7-16(15)27-19(21)17-12(2)20-22(18(17)23)13-8-10-14(11-9-13)28(24,25)26/h4-11,20H,2-3H2,1H3,(H,24,25,26). The fourth-order valence-electron chi connectivity index (χ4n) is 3.19. The third-order valence-electron chi connectivity index (χ3n) is 4.50. The molecule has 7 nitrogen and oxygen atoms in total. The van der Waals surface area contributed by atoms with E-state index in [9.17, 15) is 13.2 Å². The number of anilines is 1. The van der Waals surface area contributed by atoms with Crippen LogP contribution in [0.25, 0.3) is 17.3 Å². The first-order chi connectivity index (χ1) is 13.3. The van der Waals surface area contributed by atoms with Gasteiger partial charge in [-0.05, 0) is 43.3 Å². The summed E-state index contributed by atoms with van der Waals surface area (Å²) in [5.41, 5.74) is 1.21. The van der Waals surface area contributed by atoms with Crippen molar-refractivity contribution in [2.24, 2.45) is 0 Å². The molecule has 0 aliphatic carbocycles. The molecule has 0 unspecified atom stereocenters. The van der Waals surface area contributed by atoms with Gasteiger partial charge in [0.2, 0.25) is 0 Å². The smallest absolute Gasteiger partial charge is 0.294 e. The van der Waals surface area contributed by atoms with Crippen LogP contribution in [-0.4, -0.2) is 29.3 Å². The molecule has 4 rings (SSSR count). The number of para-hydroxylation sites is 1. The van der Waals surface area contributed by atoms with Crippen molar-refractivity contribution in [3.8, 4) is 5.69 Å². The molecule has 0 atom stereocenters. The van der Waals surface area contributed by atoms with E-state index in [4.69, 9.17) is 4.55 Å². The van der Waals surface area contributed by atoms with E-state index in [1.54, 1.807) is 0 Å². The largest absolute Gasteiger partial charge is 0.335 e. The van der Waals surface area contributed by atoms with Gasteiger partial charge in [-0.15, -0.1) is 0 Å². The number of nitrogens with one attached hydrogen (secondary N) is 1. The number of nitrogens with zero attached hydrogens (tertiary/aromatic N) is 2. The maximum atomic E-state index is 13.1. The third kappa shape index (κ3) is 2.97. The maximum absolute atomic E-state index is 13.1. The quantitative estimate of drug-likeness (QED) is 0.630. The second kappa shape index (κ2) is 6.69. The number of hydrogen-bond donors (Lipinski definition) is 2. The minimum Gasteiger partial charge on any atom is -0.335 e. The van der Waals surface area contributed by atoms with Gasteiger partial charge < -0.3 is 4.90 Å². The Morgan fingerprint density at radius 2 is 1.82 bits per heavy atom. The van der Waals surface area contributed by atoms with Crippen LogP contribution in [-0.2, 0) is 10.1 Å². The van der Waals surface area contributed by atoms with Crippen LogP contribution >= 0.6 is 11.8 Å². The first-order valence-electron chi connectivity index (χ1n) is 8.48. The Bertz CT molecular complexity index is 1340. The summed E-state index contributed by atoms with van der Waals surface area (Å²) >= 11 is 1.52. The van der Waals surface area contributed by atoms with E-state index >= 15 is 0 Å². The van der Waals surface area contributed by atoms with Gasteiger partial charge in [-0.3, -0.25) is 14.4 Å². The molecule has 0 bridgehead atoms. The van der Waals surface area contributed by atoms with E-state index in [1.165, 1.54) is 40.7 Å². The Morgan fingerprint density at radius 3 is 2.46 bits per heavy atom. The fourth-order valence-corrected chi connectivity index (χ4v) is 4.96. The van der Waals surface area contributed by atoms with Gasteiger partial charge in [0, 0.05) is 11.4 Å². The molecular formula is C19H17N3O4S2. The molecule has 9 heteroatoms. The van der Waals surface area contributed by atoms with Gasteiger partial charge in [-0.1, -0.05) is 30.5 Å². The number of H-pyrrole nitrogens is 1. The molecule has 0 fully saturated rings. The van der Waals surface area contributed by atoms with Crippen molar-refractivity contribution in [3.05, 3.63) is 69.5 Å². The molecule has 2 aromatic carbocycles. The van der Waals surface area contributed by atoms with Crippen LogP contribution in [0.15, 0.2) is 63.1 Å². The predicted octanol–water partition coefficient (Wildman–Crippen LogP) is 1.52. The van der Waals surface area contributed by atoms with Crippen LogP contribution < -0.4 is 21.0 Å². The lowest BCUT2D eigenvalue weighted by molar-refractivity contribution is 0.483. The number of thioether (sulfide) groups is 1. The zero-order valence-electron chi connectivity index (χ0n) is 14.9. The zero-order valence-corrected chi connectivity index (χ0v) is 16.5. The number of aromatic nitrogens is 2. The van der Waals surface area contributed by atoms with Gasteiger partial charge in [-0.2, -0.15) is 8.42 Å². The highest BCUT2D eigenvalue weighted by molar-refractivity contribution is 8.08. The highest BCUT2D eigenvalue weighted by Gasteiger charge is 2.26. The van der Waals surface area contributed by atoms with Crippen molar-refractivity contribution < 1.29 is 13.0 Å². The summed E-state index contributed by atoms with van der Waals surface area (Å²) in [5.74, 6) is 0. The molecule has 2 heterocycles. The van der Waals surface area contributed by atoms with E-state index in [1.807, 2.05) is 31.2 Å². The van der Waals surface area contributed by atoms with Gasteiger partial charge in [0.15, 0.2) is 0 Å². The lowest BCUT2D eigenvalue weighted by Gasteiger charge is -2.17. The molecule has 1 aliphatic rings. The lowest BCUT2D eigenvalue weighted by Crippen LogP contribution is -2.39. The monoisotopic (exact) mass is 415 g/mol. The topological polar surface area (TPSA) is 95.4 Å². The number of fused-ring (bicyclic) bond motifs is 1. The van der Waals surface area contributed by atoms with Gasteiger partial charge >= 0.3 is 0 Å². The van der Waals surface area contributed by atoms with Gasteiger partial charge in [-0.25, -0.2) is 4.68 Å². The minimum absolute atomic E-state index is 0.237. The van der Waals surface area contributed by atoms with Crippen molar-refractivity contribution in [3.63, 3.8) is 0 Å². The number of rotatable bonds is 3. The van der Waals surface area contributed by atoms with Crippen LogP contribution in [0.4, 0.5) is 5.69 Å². The molecule has 0 saturated heterocycles. The molecular weight excluding hydrogens is 398 g/mol. The second-order valence-electron chi connectivity index (χ2n) is 6.19. The Hall–Kier alpha value is -2.75. The Balaban J connectivity index is 1.89. The van der Waals surface area contributed by atoms with Crippen molar-refractivity contribution in [2.45, 2.75) is 16.7 Å².